The van der Waals surface area contributed by atoms with Crippen LogP contribution in [0.1, 0.15) is 77.3 Å². The van der Waals surface area contributed by atoms with Crippen LogP contribution in [-0.4, -0.2) is 32.3 Å². The molecule has 0 aliphatic heterocycles. The Balaban J connectivity index is 0.000000676. The lowest BCUT2D eigenvalue weighted by molar-refractivity contribution is -0.0980. The minimum absolute atomic E-state index is 0.270. The standard InChI is InChI=1S/2C15H22O3.CH2O/c2*1-13(2)8-6-7-11-17-15(16)18-12-14-9-4-3-5-10-14;1-2/h2*3-5,9-10,13H,6-8,11-12H2,1-2H3;1H2. The maximum absolute atomic E-state index is 11.3. The molecule has 2 aromatic carbocycles. The highest BCUT2D eigenvalue weighted by Gasteiger charge is 2.05. The molecule has 0 saturated carbocycles. The van der Waals surface area contributed by atoms with Crippen LogP contribution in [0.15, 0.2) is 60.7 Å². The van der Waals surface area contributed by atoms with Gasteiger partial charge in [0, 0.05) is 0 Å². The van der Waals surface area contributed by atoms with Crippen molar-refractivity contribution in [3.05, 3.63) is 71.8 Å². The second-order valence-electron chi connectivity index (χ2n) is 9.52. The third-order valence-electron chi connectivity index (χ3n) is 5.19. The Labute approximate surface area is 228 Å². The first kappa shape index (κ1) is 34.6. The zero-order valence-electron chi connectivity index (χ0n) is 23.6. The first-order valence-electron chi connectivity index (χ1n) is 13.3. The molecular weight excluding hydrogens is 484 g/mol. The number of unbranched alkanes of at least 4 members (excludes halogenated alkanes) is 2. The zero-order chi connectivity index (χ0) is 28.4. The van der Waals surface area contributed by atoms with Crippen LogP contribution in [0.2, 0.25) is 0 Å². The molecule has 7 nitrogen and oxygen atoms in total. The lowest BCUT2D eigenvalue weighted by Gasteiger charge is -2.07. The molecule has 0 N–H and O–H groups in total. The zero-order valence-corrected chi connectivity index (χ0v) is 23.6. The molecule has 0 fully saturated rings. The van der Waals surface area contributed by atoms with Crippen LogP contribution >= 0.6 is 0 Å². The quantitative estimate of drug-likeness (QED) is 0.180. The van der Waals surface area contributed by atoms with Crippen molar-refractivity contribution in [2.24, 2.45) is 11.8 Å². The molecule has 0 bridgehead atoms. The minimum Gasteiger partial charge on any atom is -0.434 e. The average molecular weight is 531 g/mol. The SMILES string of the molecule is C=O.CC(C)CCCCOC(=O)OCc1ccccc1.CC(C)CCCCOC(=O)OCc1ccccc1. The smallest absolute Gasteiger partial charge is 0.434 e. The summed E-state index contributed by atoms with van der Waals surface area (Å²) < 4.78 is 20.0. The predicted octanol–water partition coefficient (Wildman–Crippen LogP) is 8.15. The molecule has 38 heavy (non-hydrogen) atoms. The van der Waals surface area contributed by atoms with Crippen molar-refractivity contribution < 1.29 is 33.3 Å². The Morgan fingerprint density at radius 3 is 1.24 bits per heavy atom. The van der Waals surface area contributed by atoms with Crippen LogP contribution in [-0.2, 0) is 37.0 Å². The van der Waals surface area contributed by atoms with E-state index in [9.17, 15) is 9.59 Å². The van der Waals surface area contributed by atoms with Crippen molar-refractivity contribution in [2.45, 2.75) is 79.4 Å². The number of rotatable bonds is 14. The number of benzene rings is 2. The van der Waals surface area contributed by atoms with Crippen molar-refractivity contribution in [2.75, 3.05) is 13.2 Å². The molecule has 212 valence electrons. The molecule has 0 aliphatic carbocycles. The van der Waals surface area contributed by atoms with Crippen molar-refractivity contribution in [3.8, 4) is 0 Å². The van der Waals surface area contributed by atoms with Crippen LogP contribution < -0.4 is 0 Å². The second kappa shape index (κ2) is 24.0. The van der Waals surface area contributed by atoms with Gasteiger partial charge in [0.2, 0.25) is 0 Å². The third-order valence-corrected chi connectivity index (χ3v) is 5.19. The van der Waals surface area contributed by atoms with E-state index in [1.807, 2.05) is 67.5 Å². The van der Waals surface area contributed by atoms with Gasteiger partial charge in [-0.05, 0) is 48.6 Å². The van der Waals surface area contributed by atoms with Crippen molar-refractivity contribution in [1.82, 2.24) is 0 Å². The molecular formula is C31H46O7. The number of carbonyl (C=O) groups excluding carboxylic acids is 3. The first-order chi connectivity index (χ1) is 18.4. The summed E-state index contributed by atoms with van der Waals surface area (Å²) in [4.78, 5) is 30.5. The molecule has 0 radical (unpaired) electrons. The van der Waals surface area contributed by atoms with Crippen LogP contribution in [0.4, 0.5) is 9.59 Å². The Morgan fingerprint density at radius 2 is 0.921 bits per heavy atom. The number of hydrogen-bond donors (Lipinski definition) is 0. The van der Waals surface area contributed by atoms with Gasteiger partial charge in [0.1, 0.15) is 20.0 Å². The van der Waals surface area contributed by atoms with Gasteiger partial charge in [0.05, 0.1) is 13.2 Å². The molecule has 0 saturated heterocycles. The first-order valence-corrected chi connectivity index (χ1v) is 13.3. The van der Waals surface area contributed by atoms with Crippen LogP contribution in [0.25, 0.3) is 0 Å². The molecule has 2 aromatic rings. The monoisotopic (exact) mass is 530 g/mol. The van der Waals surface area contributed by atoms with Crippen LogP contribution in [0.5, 0.6) is 0 Å². The minimum atomic E-state index is -0.580. The fourth-order valence-electron chi connectivity index (χ4n) is 3.14. The van der Waals surface area contributed by atoms with Gasteiger partial charge < -0.3 is 23.7 Å². The van der Waals surface area contributed by atoms with E-state index in [4.69, 9.17) is 23.7 Å². The highest BCUT2D eigenvalue weighted by Crippen LogP contribution is 2.08. The lowest BCUT2D eigenvalue weighted by Crippen LogP contribution is -2.08. The number of ether oxygens (including phenoxy) is 4. The fraction of sp³-hybridized carbons (Fsp3) is 0.516. The van der Waals surface area contributed by atoms with E-state index in [0.29, 0.717) is 25.0 Å². The van der Waals surface area contributed by atoms with Crippen molar-refractivity contribution >= 4 is 19.1 Å². The molecule has 0 aliphatic rings. The normalized spacial score (nSPS) is 9.95. The molecule has 0 unspecified atom stereocenters. The highest BCUT2D eigenvalue weighted by molar-refractivity contribution is 5.60. The average Bonchev–Trinajstić information content (AvgIpc) is 2.92. The van der Waals surface area contributed by atoms with E-state index < -0.39 is 12.3 Å². The molecule has 0 amide bonds. The van der Waals surface area contributed by atoms with E-state index in [-0.39, 0.29) is 13.2 Å². The van der Waals surface area contributed by atoms with Crippen LogP contribution in [0, 0.1) is 11.8 Å². The summed E-state index contributed by atoms with van der Waals surface area (Å²) in [5, 5.41) is 0. The largest absolute Gasteiger partial charge is 0.508 e. The summed E-state index contributed by atoms with van der Waals surface area (Å²) in [7, 11) is 0. The van der Waals surface area contributed by atoms with E-state index in [1.165, 1.54) is 12.8 Å². The van der Waals surface area contributed by atoms with Crippen molar-refractivity contribution in [3.63, 3.8) is 0 Å². The van der Waals surface area contributed by atoms with Gasteiger partial charge in [-0.2, -0.15) is 0 Å². The van der Waals surface area contributed by atoms with Crippen LogP contribution in [0.3, 0.4) is 0 Å². The van der Waals surface area contributed by atoms with Gasteiger partial charge >= 0.3 is 12.3 Å². The second-order valence-corrected chi connectivity index (χ2v) is 9.52. The maximum Gasteiger partial charge on any atom is 0.508 e. The summed E-state index contributed by atoms with van der Waals surface area (Å²) in [5.74, 6) is 1.41. The summed E-state index contributed by atoms with van der Waals surface area (Å²) >= 11 is 0. The Hall–Kier alpha value is -3.35. The molecule has 0 heterocycles. The molecule has 0 aromatic heterocycles. The van der Waals surface area contributed by atoms with Gasteiger partial charge in [0.15, 0.2) is 0 Å². The Kier molecular flexibility index (Phi) is 21.9. The van der Waals surface area contributed by atoms with Gasteiger partial charge in [-0.3, -0.25) is 0 Å². The number of hydrogen-bond acceptors (Lipinski definition) is 7. The lowest BCUT2D eigenvalue weighted by atomic mass is 10.1. The van der Waals surface area contributed by atoms with Gasteiger partial charge in [-0.1, -0.05) is 101 Å². The topological polar surface area (TPSA) is 88.1 Å². The molecule has 0 spiro atoms. The molecule has 0 atom stereocenters. The fourth-order valence-corrected chi connectivity index (χ4v) is 3.14. The number of carbonyl (C=O) groups is 3. The van der Waals surface area contributed by atoms with Gasteiger partial charge in [0.25, 0.3) is 0 Å². The van der Waals surface area contributed by atoms with E-state index in [2.05, 4.69) is 27.7 Å². The molecule has 7 heteroatoms. The Bertz CT molecular complexity index is 753. The van der Waals surface area contributed by atoms with E-state index in [0.717, 1.165) is 36.8 Å². The highest BCUT2D eigenvalue weighted by atomic mass is 16.7. The summed E-state index contributed by atoms with van der Waals surface area (Å²) in [6.07, 6.45) is 5.15. The Morgan fingerprint density at radius 1 is 0.579 bits per heavy atom. The maximum atomic E-state index is 11.3. The summed E-state index contributed by atoms with van der Waals surface area (Å²) in [6, 6.07) is 19.2. The predicted molar refractivity (Wildman–Crippen MR) is 150 cm³/mol. The van der Waals surface area contributed by atoms with Crippen molar-refractivity contribution in [1.29, 1.82) is 0 Å². The van der Waals surface area contributed by atoms with E-state index in [1.54, 1.807) is 0 Å². The third kappa shape index (κ3) is 21.9. The summed E-state index contributed by atoms with van der Waals surface area (Å²) in [6.45, 7) is 12.2. The van der Waals surface area contributed by atoms with Gasteiger partial charge in [-0.15, -0.1) is 0 Å². The molecule has 2 rings (SSSR count). The summed E-state index contributed by atoms with van der Waals surface area (Å²) in [5.41, 5.74) is 1.93. The van der Waals surface area contributed by atoms with E-state index >= 15 is 0 Å². The van der Waals surface area contributed by atoms with Gasteiger partial charge in [-0.25, -0.2) is 9.59 Å².